The summed E-state index contributed by atoms with van der Waals surface area (Å²) < 4.78 is 19.2. The molecule has 0 spiro atoms. The Morgan fingerprint density at radius 3 is 0.800 bits per heavy atom. The van der Waals surface area contributed by atoms with Gasteiger partial charge in [-0.3, -0.25) is 0 Å². The van der Waals surface area contributed by atoms with Gasteiger partial charge in [-0.1, -0.05) is 382 Å². The van der Waals surface area contributed by atoms with E-state index >= 15 is 0 Å². The standard InChI is InChI=1S/3C41H25N3O/c1-2-11-29(12-3-1)39-42-40(30-20-17-27(18-21-30)32-22-19-26-9-4-5-13-31(26)25-32)44-41(43-39)35-16-8-15-34-37-33-14-7-6-10-28(33)23-24-36(37)45-38(34)35;1-2-10-29(11-3-1)39-42-40(30-17-14-27(15-18-30)32-19-16-26-8-4-5-12-31(26)24-32)44-41(43-39)33-21-22-36-35(25-33)38-34-13-7-6-9-28(34)20-23-37(38)45-36;1-2-10-29(11-3-1)39-42-40(30-17-14-27(15-18-30)32-19-16-26-8-4-5-12-31(26)24-32)44-41(43-39)33-20-22-35-37(25-33)45-36-23-21-28-9-6-7-13-34(28)38(35)36/h3*1-25H. The molecule has 0 fully saturated rings. The second-order valence-electron chi connectivity index (χ2n) is 33.8. The molecule has 0 unspecified atom stereocenters. The summed E-state index contributed by atoms with van der Waals surface area (Å²) in [7, 11) is 0. The zero-order chi connectivity index (χ0) is 89.2. The first-order valence-electron chi connectivity index (χ1n) is 45.1. The van der Waals surface area contributed by atoms with Crippen LogP contribution in [0.1, 0.15) is 0 Å². The van der Waals surface area contributed by atoms with Gasteiger partial charge in [-0.2, -0.15) is 0 Å². The Labute approximate surface area is 774 Å². The maximum atomic E-state index is 6.53. The van der Waals surface area contributed by atoms with Crippen LogP contribution in [0.25, 0.3) is 266 Å². The van der Waals surface area contributed by atoms with E-state index < -0.39 is 0 Å². The van der Waals surface area contributed by atoms with Gasteiger partial charge in [-0.25, -0.2) is 44.9 Å². The molecule has 12 heteroatoms. The normalized spacial score (nSPS) is 11.6. The molecule has 21 aromatic carbocycles. The molecule has 0 N–H and O–H groups in total. The van der Waals surface area contributed by atoms with Crippen molar-refractivity contribution in [3.05, 3.63) is 455 Å². The Morgan fingerprint density at radius 1 is 0.126 bits per heavy atom. The van der Waals surface area contributed by atoms with Crippen LogP contribution in [0.2, 0.25) is 0 Å². The molecule has 630 valence electrons. The topological polar surface area (TPSA) is 155 Å². The van der Waals surface area contributed by atoms with Crippen molar-refractivity contribution in [2.45, 2.75) is 0 Å². The lowest BCUT2D eigenvalue weighted by Crippen LogP contribution is -2.00. The van der Waals surface area contributed by atoms with Gasteiger partial charge in [-0.15, -0.1) is 0 Å². The van der Waals surface area contributed by atoms with Crippen LogP contribution in [0.3, 0.4) is 0 Å². The number of nitrogens with zero attached hydrogens (tertiary/aromatic N) is 9. The van der Waals surface area contributed by atoms with E-state index in [1.54, 1.807) is 0 Å². The lowest BCUT2D eigenvalue weighted by atomic mass is 10.00. The molecule has 0 saturated heterocycles. The predicted octanol–water partition coefficient (Wildman–Crippen LogP) is 32.2. The minimum atomic E-state index is 0.575. The lowest BCUT2D eigenvalue weighted by Gasteiger charge is -2.10. The van der Waals surface area contributed by atoms with E-state index in [1.807, 2.05) is 133 Å². The molecule has 0 bridgehead atoms. The average Bonchev–Trinajstić information content (AvgIpc) is 1.59. The molecule has 0 aliphatic rings. The van der Waals surface area contributed by atoms with Crippen LogP contribution in [-0.2, 0) is 0 Å². The SMILES string of the molecule is c1ccc(-c2nc(-c3ccc(-c4ccc5ccccc5c4)cc3)nc(-c3ccc4c(c3)oc3ccc5ccccc5c34)n2)cc1.c1ccc(-c2nc(-c3ccc(-c4ccc5ccccc5c4)cc3)nc(-c3ccc4oc5ccc6ccccc6c5c4c3)n2)cc1.c1ccc(-c2nc(-c3ccc(-c4ccc5ccccc5c4)cc3)nc(-c3cccc4c3oc3ccc5ccccc5c34)n2)cc1. The minimum absolute atomic E-state index is 0.575. The van der Waals surface area contributed by atoms with Crippen LogP contribution >= 0.6 is 0 Å². The highest BCUT2D eigenvalue weighted by molar-refractivity contribution is 6.22. The Morgan fingerprint density at radius 2 is 0.393 bits per heavy atom. The fourth-order valence-corrected chi connectivity index (χ4v) is 18.7. The van der Waals surface area contributed by atoms with Crippen molar-refractivity contribution in [1.82, 2.24) is 44.9 Å². The monoisotopic (exact) mass is 1730 g/mol. The number of aromatic nitrogens is 9. The van der Waals surface area contributed by atoms with Crippen molar-refractivity contribution < 1.29 is 13.3 Å². The third-order valence-corrected chi connectivity index (χ3v) is 25.5. The van der Waals surface area contributed by atoms with Gasteiger partial charge in [-0.05, 0) is 171 Å². The molecule has 0 atom stereocenters. The number of hydrogen-bond donors (Lipinski definition) is 0. The van der Waals surface area contributed by atoms with Crippen molar-refractivity contribution in [3.63, 3.8) is 0 Å². The summed E-state index contributed by atoms with van der Waals surface area (Å²) in [6.07, 6.45) is 0. The summed E-state index contributed by atoms with van der Waals surface area (Å²) in [5.74, 6) is 5.55. The van der Waals surface area contributed by atoms with Crippen LogP contribution < -0.4 is 0 Å². The lowest BCUT2D eigenvalue weighted by molar-refractivity contribution is 0.669. The Hall–Kier alpha value is -18.4. The van der Waals surface area contributed by atoms with Crippen LogP contribution in [0, 0.1) is 0 Å². The molecular weight excluding hydrogens is 1650 g/mol. The highest BCUT2D eigenvalue weighted by atomic mass is 16.3. The summed E-state index contributed by atoms with van der Waals surface area (Å²) in [4.78, 5) is 44.8. The quantitative estimate of drug-likeness (QED) is 0.114. The minimum Gasteiger partial charge on any atom is -0.456 e. The highest BCUT2D eigenvalue weighted by Crippen LogP contribution is 2.44. The van der Waals surface area contributed by atoms with E-state index in [4.69, 9.17) is 58.1 Å². The maximum absolute atomic E-state index is 6.53. The number of para-hydroxylation sites is 1. The van der Waals surface area contributed by atoms with Crippen molar-refractivity contribution in [1.29, 1.82) is 0 Å². The van der Waals surface area contributed by atoms with Crippen LogP contribution in [-0.4, -0.2) is 44.9 Å². The molecule has 135 heavy (non-hydrogen) atoms. The third kappa shape index (κ3) is 15.0. The molecule has 0 aliphatic heterocycles. The number of rotatable bonds is 12. The summed E-state index contributed by atoms with van der Waals surface area (Å²) in [5.41, 5.74) is 20.2. The summed E-state index contributed by atoms with van der Waals surface area (Å²) >= 11 is 0. The molecule has 6 heterocycles. The average molecular weight is 1730 g/mol. The number of hydrogen-bond acceptors (Lipinski definition) is 12. The molecule has 6 aromatic heterocycles. The first-order chi connectivity index (χ1) is 66.8. The third-order valence-electron chi connectivity index (χ3n) is 25.5. The Kier molecular flexibility index (Phi) is 19.6. The van der Waals surface area contributed by atoms with Gasteiger partial charge in [0.25, 0.3) is 0 Å². The zero-order valence-electron chi connectivity index (χ0n) is 72.6. The first kappa shape index (κ1) is 78.8. The molecule has 0 aliphatic carbocycles. The summed E-state index contributed by atoms with van der Waals surface area (Å²) in [6, 6.07) is 157. The van der Waals surface area contributed by atoms with Crippen molar-refractivity contribution in [3.8, 4) is 136 Å². The van der Waals surface area contributed by atoms with Gasteiger partial charge in [0.15, 0.2) is 52.4 Å². The smallest absolute Gasteiger partial charge is 0.167 e. The number of furan rings is 3. The van der Waals surface area contributed by atoms with Gasteiger partial charge in [0.1, 0.15) is 33.5 Å². The van der Waals surface area contributed by atoms with Crippen LogP contribution in [0.15, 0.2) is 468 Å². The molecule has 27 rings (SSSR count). The first-order valence-corrected chi connectivity index (χ1v) is 45.1. The molecule has 12 nitrogen and oxygen atoms in total. The fourth-order valence-electron chi connectivity index (χ4n) is 18.7. The maximum Gasteiger partial charge on any atom is 0.167 e. The van der Waals surface area contributed by atoms with E-state index in [0.717, 1.165) is 133 Å². The highest BCUT2D eigenvalue weighted by Gasteiger charge is 2.23. The van der Waals surface area contributed by atoms with Gasteiger partial charge in [0, 0.05) is 76.8 Å². The van der Waals surface area contributed by atoms with Crippen LogP contribution in [0.4, 0.5) is 0 Å². The van der Waals surface area contributed by atoms with E-state index in [1.165, 1.54) is 81.3 Å². The Balaban J connectivity index is 0.000000108. The van der Waals surface area contributed by atoms with E-state index in [-0.39, 0.29) is 0 Å². The zero-order valence-corrected chi connectivity index (χ0v) is 72.6. The van der Waals surface area contributed by atoms with E-state index in [9.17, 15) is 0 Å². The van der Waals surface area contributed by atoms with Gasteiger partial charge < -0.3 is 13.3 Å². The Bertz CT molecular complexity index is 9250. The van der Waals surface area contributed by atoms with Crippen LogP contribution in [0.5, 0.6) is 0 Å². The molecule has 0 radical (unpaired) electrons. The van der Waals surface area contributed by atoms with Gasteiger partial charge in [0.2, 0.25) is 0 Å². The fraction of sp³-hybridized carbons (Fsp3) is 0. The van der Waals surface area contributed by atoms with Gasteiger partial charge in [0.05, 0.1) is 5.56 Å². The van der Waals surface area contributed by atoms with Crippen molar-refractivity contribution in [2.75, 3.05) is 0 Å². The van der Waals surface area contributed by atoms with Crippen molar-refractivity contribution in [2.24, 2.45) is 0 Å². The number of benzene rings is 21. The second-order valence-corrected chi connectivity index (χ2v) is 33.8. The summed E-state index contributed by atoms with van der Waals surface area (Å²) in [6.45, 7) is 0. The van der Waals surface area contributed by atoms with Crippen molar-refractivity contribution >= 4 is 130 Å². The summed E-state index contributed by atoms with van der Waals surface area (Å²) in [5, 5.41) is 20.9. The predicted molar refractivity (Wildman–Crippen MR) is 552 cm³/mol. The largest absolute Gasteiger partial charge is 0.456 e. The molecule has 27 aromatic rings. The molecular formula is C123H75N9O3. The number of fused-ring (bicyclic) bond motifs is 18. The second kappa shape index (κ2) is 33.6. The molecule has 0 saturated carbocycles. The van der Waals surface area contributed by atoms with E-state index in [0.29, 0.717) is 52.4 Å². The van der Waals surface area contributed by atoms with E-state index in [2.05, 4.69) is 322 Å². The van der Waals surface area contributed by atoms with Gasteiger partial charge >= 0.3 is 0 Å². The molecule has 0 amide bonds.